The zero-order valence-electron chi connectivity index (χ0n) is 10.9. The summed E-state index contributed by atoms with van der Waals surface area (Å²) in [6.45, 7) is 0. The van der Waals surface area contributed by atoms with Crippen molar-refractivity contribution < 1.29 is 13.3 Å². The van der Waals surface area contributed by atoms with Gasteiger partial charge in [-0.05, 0) is 30.2 Å². The van der Waals surface area contributed by atoms with Gasteiger partial charge in [0.25, 0.3) is 5.69 Å². The number of sulfone groups is 1. The third-order valence-corrected chi connectivity index (χ3v) is 4.51. The van der Waals surface area contributed by atoms with Crippen LogP contribution in [0.1, 0.15) is 5.56 Å². The summed E-state index contributed by atoms with van der Waals surface area (Å²) in [4.78, 5) is 13.9. The predicted molar refractivity (Wildman–Crippen MR) is 80.3 cm³/mol. The van der Waals surface area contributed by atoms with E-state index in [9.17, 15) is 18.5 Å². The molecule has 0 radical (unpaired) electrons. The van der Waals surface area contributed by atoms with Crippen LogP contribution in [0.5, 0.6) is 0 Å². The fourth-order valence-corrected chi connectivity index (χ4v) is 3.04. The number of benzene rings is 1. The van der Waals surface area contributed by atoms with Crippen molar-refractivity contribution in [3.8, 4) is 0 Å². The van der Waals surface area contributed by atoms with E-state index in [-0.39, 0.29) is 28.7 Å². The number of non-ortho nitro benzene ring substituents is 1. The number of nitro benzene ring substituents is 1. The van der Waals surface area contributed by atoms with Gasteiger partial charge in [0.2, 0.25) is 0 Å². The lowest BCUT2D eigenvalue weighted by molar-refractivity contribution is -0.385. The second-order valence-corrected chi connectivity index (χ2v) is 6.29. The molecule has 0 aliphatic rings. The van der Waals surface area contributed by atoms with Crippen molar-refractivity contribution in [1.82, 2.24) is 4.98 Å². The summed E-state index contributed by atoms with van der Waals surface area (Å²) in [5, 5.41) is 10.7. The van der Waals surface area contributed by atoms with E-state index in [1.54, 1.807) is 24.5 Å². The summed E-state index contributed by atoms with van der Waals surface area (Å²) < 4.78 is 24.3. The second kappa shape index (κ2) is 7.14. The summed E-state index contributed by atoms with van der Waals surface area (Å²) >= 11 is 0. The van der Waals surface area contributed by atoms with Crippen LogP contribution in [0.15, 0.2) is 53.7 Å². The molecule has 0 spiro atoms. The van der Waals surface area contributed by atoms with Crippen LogP contribution in [0.25, 0.3) is 0 Å². The topological polar surface area (TPSA) is 90.2 Å². The number of rotatable bonds is 5. The number of pyridine rings is 1. The predicted octanol–water partition coefficient (Wildman–Crippen LogP) is 2.43. The maximum atomic E-state index is 12.1. The Morgan fingerprint density at radius 2 is 1.81 bits per heavy atom. The molecule has 0 fully saturated rings. The lowest BCUT2D eigenvalue weighted by atomic mass is 10.2. The first-order valence-electron chi connectivity index (χ1n) is 5.85. The molecule has 2 rings (SSSR count). The van der Waals surface area contributed by atoms with Gasteiger partial charge in [-0.2, -0.15) is 0 Å². The Kier molecular flexibility index (Phi) is 5.80. The fourth-order valence-electron chi connectivity index (χ4n) is 1.71. The second-order valence-electron chi connectivity index (χ2n) is 4.18. The highest BCUT2D eigenvalue weighted by Gasteiger charge is 2.17. The van der Waals surface area contributed by atoms with Crippen molar-refractivity contribution in [3.63, 3.8) is 0 Å². The smallest absolute Gasteiger partial charge is 0.265 e. The maximum Gasteiger partial charge on any atom is 0.270 e. The van der Waals surface area contributed by atoms with Gasteiger partial charge in [-0.3, -0.25) is 15.1 Å². The molecule has 1 aromatic heterocycles. The van der Waals surface area contributed by atoms with Crippen LogP contribution in [0.3, 0.4) is 0 Å². The Hall–Kier alpha value is -1.99. The van der Waals surface area contributed by atoms with Gasteiger partial charge in [0.1, 0.15) is 0 Å². The summed E-state index contributed by atoms with van der Waals surface area (Å²) in [7, 11) is -3.54. The van der Waals surface area contributed by atoms with Crippen LogP contribution < -0.4 is 0 Å². The van der Waals surface area contributed by atoms with Crippen molar-refractivity contribution in [3.05, 3.63) is 64.5 Å². The Labute approximate surface area is 128 Å². The maximum absolute atomic E-state index is 12.1. The Morgan fingerprint density at radius 3 is 2.43 bits per heavy atom. The monoisotopic (exact) mass is 328 g/mol. The average molecular weight is 329 g/mol. The Balaban J connectivity index is 0.00000220. The zero-order chi connectivity index (χ0) is 14.6. The largest absolute Gasteiger partial charge is 0.270 e. The number of nitro groups is 1. The third kappa shape index (κ3) is 4.51. The summed E-state index contributed by atoms with van der Waals surface area (Å²) in [5.74, 6) is -0.0990. The number of hydrogen-bond acceptors (Lipinski definition) is 5. The molecule has 0 N–H and O–H groups in total. The van der Waals surface area contributed by atoms with Crippen LogP contribution in [-0.2, 0) is 16.3 Å². The molecule has 0 atom stereocenters. The molecule has 8 heteroatoms. The SMILES string of the molecule is Cl.O=[N+]([O-])c1cccc(S(=O)(=O)CCc2ccncc2)c1. The highest BCUT2D eigenvalue weighted by molar-refractivity contribution is 7.91. The molecule has 0 saturated carbocycles. The van der Waals surface area contributed by atoms with Crippen LogP contribution in [-0.4, -0.2) is 24.1 Å². The Morgan fingerprint density at radius 1 is 1.14 bits per heavy atom. The van der Waals surface area contributed by atoms with Crippen LogP contribution >= 0.6 is 12.4 Å². The molecule has 0 saturated heterocycles. The number of halogens is 1. The fraction of sp³-hybridized carbons (Fsp3) is 0.154. The van der Waals surface area contributed by atoms with E-state index < -0.39 is 14.8 Å². The molecule has 21 heavy (non-hydrogen) atoms. The molecule has 6 nitrogen and oxygen atoms in total. The van der Waals surface area contributed by atoms with E-state index in [4.69, 9.17) is 0 Å². The van der Waals surface area contributed by atoms with Gasteiger partial charge in [0, 0.05) is 24.5 Å². The van der Waals surface area contributed by atoms with E-state index in [1.165, 1.54) is 18.2 Å². The van der Waals surface area contributed by atoms with Gasteiger partial charge < -0.3 is 0 Å². The molecular weight excluding hydrogens is 316 g/mol. The standard InChI is InChI=1S/C13H12N2O4S.ClH/c16-15(17)12-2-1-3-13(10-12)20(18,19)9-6-11-4-7-14-8-5-11;/h1-5,7-8,10H,6,9H2;1H. The molecule has 2 aromatic rings. The van der Waals surface area contributed by atoms with Gasteiger partial charge in [-0.1, -0.05) is 6.07 Å². The van der Waals surface area contributed by atoms with E-state index in [1.807, 2.05) is 0 Å². The summed E-state index contributed by atoms with van der Waals surface area (Å²) in [6, 6.07) is 8.57. The lowest BCUT2D eigenvalue weighted by Crippen LogP contribution is -2.09. The van der Waals surface area contributed by atoms with Gasteiger partial charge in [0.05, 0.1) is 15.6 Å². The molecule has 112 valence electrons. The van der Waals surface area contributed by atoms with E-state index >= 15 is 0 Å². The van der Waals surface area contributed by atoms with E-state index in [0.717, 1.165) is 11.6 Å². The number of hydrogen-bond donors (Lipinski definition) is 0. The summed E-state index contributed by atoms with van der Waals surface area (Å²) in [5.41, 5.74) is 0.629. The molecule has 1 aromatic carbocycles. The first-order chi connectivity index (χ1) is 9.49. The van der Waals surface area contributed by atoms with Gasteiger partial charge in [0.15, 0.2) is 9.84 Å². The van der Waals surface area contributed by atoms with Crippen LogP contribution in [0, 0.1) is 10.1 Å². The van der Waals surface area contributed by atoms with Crippen molar-refractivity contribution in [2.75, 3.05) is 5.75 Å². The van der Waals surface area contributed by atoms with Crippen molar-refractivity contribution >= 4 is 27.9 Å². The minimum absolute atomic E-state index is 0. The molecule has 0 amide bonds. The summed E-state index contributed by atoms with van der Waals surface area (Å²) in [6.07, 6.45) is 3.53. The van der Waals surface area contributed by atoms with Crippen molar-refractivity contribution in [2.45, 2.75) is 11.3 Å². The van der Waals surface area contributed by atoms with Crippen molar-refractivity contribution in [2.24, 2.45) is 0 Å². The first kappa shape index (κ1) is 17.1. The molecule has 0 aliphatic carbocycles. The van der Waals surface area contributed by atoms with E-state index in [0.29, 0.717) is 6.42 Å². The van der Waals surface area contributed by atoms with Gasteiger partial charge in [-0.25, -0.2) is 8.42 Å². The number of aromatic nitrogens is 1. The molecular formula is C13H13ClN2O4S. The van der Waals surface area contributed by atoms with Crippen molar-refractivity contribution in [1.29, 1.82) is 0 Å². The number of nitrogens with zero attached hydrogens (tertiary/aromatic N) is 2. The number of aryl methyl sites for hydroxylation is 1. The average Bonchev–Trinajstić information content (AvgIpc) is 2.46. The first-order valence-corrected chi connectivity index (χ1v) is 7.50. The highest BCUT2D eigenvalue weighted by atomic mass is 35.5. The zero-order valence-corrected chi connectivity index (χ0v) is 12.5. The lowest BCUT2D eigenvalue weighted by Gasteiger charge is -2.04. The molecule has 0 bridgehead atoms. The minimum atomic E-state index is -3.54. The van der Waals surface area contributed by atoms with Gasteiger partial charge in [-0.15, -0.1) is 12.4 Å². The minimum Gasteiger partial charge on any atom is -0.265 e. The highest BCUT2D eigenvalue weighted by Crippen LogP contribution is 2.19. The third-order valence-electron chi connectivity index (χ3n) is 2.80. The van der Waals surface area contributed by atoms with E-state index in [2.05, 4.69) is 4.98 Å². The molecule has 0 aliphatic heterocycles. The normalized spacial score (nSPS) is 10.7. The molecule has 0 unspecified atom stereocenters. The van der Waals surface area contributed by atoms with Crippen LogP contribution in [0.4, 0.5) is 5.69 Å². The molecule has 1 heterocycles. The van der Waals surface area contributed by atoms with Gasteiger partial charge >= 0.3 is 0 Å². The quantitative estimate of drug-likeness (QED) is 0.621. The Bertz CT molecular complexity index is 720. The van der Waals surface area contributed by atoms with Crippen LogP contribution in [0.2, 0.25) is 0 Å².